The maximum absolute atomic E-state index is 12.8. The zero-order valence-electron chi connectivity index (χ0n) is 16.0. The predicted octanol–water partition coefficient (Wildman–Crippen LogP) is 3.34. The molecule has 0 radical (unpaired) electrons. The Kier molecular flexibility index (Phi) is 5.53. The molecule has 150 valence electrons. The fourth-order valence-corrected chi connectivity index (χ4v) is 4.08. The molecule has 0 aliphatic carbocycles. The van der Waals surface area contributed by atoms with Crippen LogP contribution in [-0.4, -0.2) is 53.3 Å². The van der Waals surface area contributed by atoms with E-state index in [4.69, 9.17) is 11.6 Å². The summed E-state index contributed by atoms with van der Waals surface area (Å²) in [5.74, 6) is -0.136. The molecule has 2 aromatic rings. The Morgan fingerprint density at radius 1 is 0.966 bits per heavy atom. The van der Waals surface area contributed by atoms with E-state index in [9.17, 15) is 14.4 Å². The maximum atomic E-state index is 12.8. The van der Waals surface area contributed by atoms with Crippen LogP contribution in [0.2, 0.25) is 5.02 Å². The summed E-state index contributed by atoms with van der Waals surface area (Å²) < 4.78 is 0. The van der Waals surface area contributed by atoms with Gasteiger partial charge >= 0.3 is 6.03 Å². The van der Waals surface area contributed by atoms with Gasteiger partial charge in [-0.25, -0.2) is 9.69 Å². The third-order valence-corrected chi connectivity index (χ3v) is 5.78. The van der Waals surface area contributed by atoms with Crippen molar-refractivity contribution in [2.45, 2.75) is 25.3 Å². The van der Waals surface area contributed by atoms with Crippen LogP contribution in [0.5, 0.6) is 0 Å². The zero-order valence-corrected chi connectivity index (χ0v) is 16.7. The Hall–Kier alpha value is -2.86. The zero-order chi connectivity index (χ0) is 20.4. The third kappa shape index (κ3) is 4.12. The average Bonchev–Trinajstić information content (AvgIpc) is 3.04. The number of rotatable bonds is 4. The minimum absolute atomic E-state index is 0.0280. The highest BCUT2D eigenvalue weighted by Crippen LogP contribution is 2.26. The molecule has 0 atom stereocenters. The standard InChI is InChI=1S/C22H22ClN3O3/c23-17-8-6-16(7-9-17)14-20(27)24-12-10-18(11-13-24)25-15-21(28)26(22(25)29)19-4-2-1-3-5-19/h1-9,18H,10-15H2. The molecule has 29 heavy (non-hydrogen) atoms. The summed E-state index contributed by atoms with van der Waals surface area (Å²) >= 11 is 5.89. The molecule has 6 nitrogen and oxygen atoms in total. The first-order valence-electron chi connectivity index (χ1n) is 9.74. The van der Waals surface area contributed by atoms with Gasteiger partial charge in [-0.15, -0.1) is 0 Å². The number of carbonyl (C=O) groups is 3. The minimum Gasteiger partial charge on any atom is -0.342 e. The Labute approximate surface area is 174 Å². The summed E-state index contributed by atoms with van der Waals surface area (Å²) in [6.07, 6.45) is 1.69. The summed E-state index contributed by atoms with van der Waals surface area (Å²) in [6, 6.07) is 16.0. The van der Waals surface area contributed by atoms with Crippen molar-refractivity contribution in [1.82, 2.24) is 9.80 Å². The van der Waals surface area contributed by atoms with Gasteiger partial charge in [0.2, 0.25) is 5.91 Å². The van der Waals surface area contributed by atoms with E-state index in [1.54, 1.807) is 29.2 Å². The van der Waals surface area contributed by atoms with Crippen molar-refractivity contribution >= 4 is 35.1 Å². The van der Waals surface area contributed by atoms with Crippen molar-refractivity contribution in [3.8, 4) is 0 Å². The second-order valence-corrected chi connectivity index (χ2v) is 7.83. The molecule has 7 heteroatoms. The fraction of sp³-hybridized carbons (Fsp3) is 0.318. The van der Waals surface area contributed by atoms with Crippen LogP contribution in [0.25, 0.3) is 0 Å². The van der Waals surface area contributed by atoms with Gasteiger partial charge in [0.25, 0.3) is 5.91 Å². The number of piperidine rings is 1. The molecular formula is C22H22ClN3O3. The highest BCUT2D eigenvalue weighted by Gasteiger charge is 2.41. The Balaban J connectivity index is 1.35. The first-order valence-corrected chi connectivity index (χ1v) is 10.1. The highest BCUT2D eigenvalue weighted by molar-refractivity contribution is 6.30. The lowest BCUT2D eigenvalue weighted by molar-refractivity contribution is -0.132. The summed E-state index contributed by atoms with van der Waals surface area (Å²) in [4.78, 5) is 42.6. The fourth-order valence-electron chi connectivity index (χ4n) is 3.95. The molecule has 0 N–H and O–H groups in total. The van der Waals surface area contributed by atoms with Gasteiger partial charge in [0.05, 0.1) is 12.1 Å². The van der Waals surface area contributed by atoms with Crippen LogP contribution in [0.4, 0.5) is 10.5 Å². The number of halogens is 1. The van der Waals surface area contributed by atoms with Gasteiger partial charge in [0, 0.05) is 24.2 Å². The summed E-state index contributed by atoms with van der Waals surface area (Å²) in [5, 5.41) is 0.649. The van der Waals surface area contributed by atoms with Crippen LogP contribution in [0.3, 0.4) is 0 Å². The molecule has 4 amide bonds. The molecular weight excluding hydrogens is 390 g/mol. The van der Waals surface area contributed by atoms with Crippen LogP contribution >= 0.6 is 11.6 Å². The number of benzene rings is 2. The summed E-state index contributed by atoms with van der Waals surface area (Å²) in [5.41, 5.74) is 1.53. The molecule has 2 saturated heterocycles. The number of amides is 4. The smallest absolute Gasteiger partial charge is 0.332 e. The minimum atomic E-state index is -0.271. The Morgan fingerprint density at radius 2 is 1.62 bits per heavy atom. The van der Waals surface area contributed by atoms with E-state index in [0.29, 0.717) is 43.1 Å². The number of carbonyl (C=O) groups excluding carboxylic acids is 3. The van der Waals surface area contributed by atoms with Gasteiger partial charge in [0.1, 0.15) is 6.54 Å². The normalized spacial score (nSPS) is 17.9. The number of anilines is 1. The maximum Gasteiger partial charge on any atom is 0.332 e. The number of hydrogen-bond acceptors (Lipinski definition) is 3. The molecule has 0 spiro atoms. The second kappa shape index (κ2) is 8.25. The lowest BCUT2D eigenvalue weighted by Crippen LogP contribution is -2.48. The van der Waals surface area contributed by atoms with Gasteiger partial charge in [-0.1, -0.05) is 41.9 Å². The number of para-hydroxylation sites is 1. The predicted molar refractivity (Wildman–Crippen MR) is 111 cm³/mol. The van der Waals surface area contributed by atoms with E-state index in [1.165, 1.54) is 4.90 Å². The van der Waals surface area contributed by atoms with Crippen LogP contribution in [0.15, 0.2) is 54.6 Å². The van der Waals surface area contributed by atoms with Gasteiger partial charge < -0.3 is 9.80 Å². The van der Waals surface area contributed by atoms with E-state index in [0.717, 1.165) is 5.56 Å². The molecule has 2 aromatic carbocycles. The first-order chi connectivity index (χ1) is 14.0. The molecule has 0 saturated carbocycles. The molecule has 2 aliphatic heterocycles. The molecule has 2 heterocycles. The van der Waals surface area contributed by atoms with Crippen LogP contribution in [0, 0.1) is 0 Å². The van der Waals surface area contributed by atoms with Crippen molar-refractivity contribution in [1.29, 1.82) is 0 Å². The molecule has 4 rings (SSSR count). The van der Waals surface area contributed by atoms with Crippen LogP contribution < -0.4 is 4.90 Å². The molecule has 0 aromatic heterocycles. The average molecular weight is 412 g/mol. The van der Waals surface area contributed by atoms with E-state index < -0.39 is 0 Å². The number of likely N-dealkylation sites (tertiary alicyclic amines) is 1. The lowest BCUT2D eigenvalue weighted by Gasteiger charge is -2.36. The Morgan fingerprint density at radius 3 is 2.28 bits per heavy atom. The van der Waals surface area contributed by atoms with Crippen molar-refractivity contribution in [2.24, 2.45) is 0 Å². The van der Waals surface area contributed by atoms with Gasteiger partial charge in [0.15, 0.2) is 0 Å². The van der Waals surface area contributed by atoms with E-state index >= 15 is 0 Å². The van der Waals surface area contributed by atoms with E-state index in [-0.39, 0.29) is 30.4 Å². The first kappa shape index (κ1) is 19.5. The van der Waals surface area contributed by atoms with E-state index in [2.05, 4.69) is 0 Å². The quantitative estimate of drug-likeness (QED) is 0.725. The van der Waals surface area contributed by atoms with Crippen molar-refractivity contribution in [3.05, 3.63) is 65.2 Å². The molecule has 2 fully saturated rings. The van der Waals surface area contributed by atoms with Crippen molar-refractivity contribution in [3.63, 3.8) is 0 Å². The van der Waals surface area contributed by atoms with E-state index in [1.807, 2.05) is 35.2 Å². The van der Waals surface area contributed by atoms with Crippen molar-refractivity contribution < 1.29 is 14.4 Å². The molecule has 0 bridgehead atoms. The SMILES string of the molecule is O=C(Cc1ccc(Cl)cc1)N1CCC(N2CC(=O)N(c3ccccc3)C2=O)CC1. The molecule has 2 aliphatic rings. The van der Waals surface area contributed by atoms with Crippen molar-refractivity contribution in [2.75, 3.05) is 24.5 Å². The van der Waals surface area contributed by atoms with Crippen LogP contribution in [0.1, 0.15) is 18.4 Å². The highest BCUT2D eigenvalue weighted by atomic mass is 35.5. The number of imide groups is 1. The van der Waals surface area contributed by atoms with Gasteiger partial charge in [-0.2, -0.15) is 0 Å². The third-order valence-electron chi connectivity index (χ3n) is 5.53. The monoisotopic (exact) mass is 411 g/mol. The lowest BCUT2D eigenvalue weighted by atomic mass is 10.0. The Bertz CT molecular complexity index is 909. The van der Waals surface area contributed by atoms with Gasteiger partial charge in [-0.3, -0.25) is 9.59 Å². The largest absolute Gasteiger partial charge is 0.342 e. The number of hydrogen-bond donors (Lipinski definition) is 0. The topological polar surface area (TPSA) is 60.9 Å². The van der Waals surface area contributed by atoms with Crippen LogP contribution in [-0.2, 0) is 16.0 Å². The van der Waals surface area contributed by atoms with Gasteiger partial charge in [-0.05, 0) is 42.7 Å². The number of urea groups is 1. The summed E-state index contributed by atoms with van der Waals surface area (Å²) in [6.45, 7) is 1.26. The second-order valence-electron chi connectivity index (χ2n) is 7.39. The summed E-state index contributed by atoms with van der Waals surface area (Å²) in [7, 11) is 0. The number of nitrogens with zero attached hydrogens (tertiary/aromatic N) is 3. The molecule has 0 unspecified atom stereocenters.